The third-order valence-electron chi connectivity index (χ3n) is 8.35. The van der Waals surface area contributed by atoms with E-state index < -0.39 is 11.0 Å². The van der Waals surface area contributed by atoms with Crippen LogP contribution >= 0.6 is 23.4 Å². The number of piperidine rings is 1. The minimum Gasteiger partial charge on any atom is -0.355 e. The maximum Gasteiger partial charge on any atom is 0.263 e. The van der Waals surface area contributed by atoms with Gasteiger partial charge in [-0.1, -0.05) is 29.4 Å². The molecule has 10 nitrogen and oxygen atoms in total. The smallest absolute Gasteiger partial charge is 0.263 e. The lowest BCUT2D eigenvalue weighted by Gasteiger charge is -2.44. The van der Waals surface area contributed by atoms with Gasteiger partial charge in [0.05, 0.1) is 63.0 Å². The molecule has 1 spiro atoms. The molecule has 3 aromatic heterocycles. The Morgan fingerprint density at radius 1 is 1.14 bits per heavy atom. The second-order valence-electron chi connectivity index (χ2n) is 12.5. The number of hydrogen-bond donors (Lipinski definition) is 1. The summed E-state index contributed by atoms with van der Waals surface area (Å²) in [7, 11) is -1.20. The highest BCUT2D eigenvalue weighted by atomic mass is 35.5. The number of aromatic nitrogens is 5. The van der Waals surface area contributed by atoms with E-state index in [0.717, 1.165) is 49.4 Å². The third-order valence-corrected chi connectivity index (χ3v) is 11.4. The second-order valence-corrected chi connectivity index (χ2v) is 15.9. The zero-order chi connectivity index (χ0) is 31.2. The number of nitrogens with one attached hydrogen (secondary N) is 1. The average Bonchev–Trinajstić information content (AvgIpc) is 3.28. The van der Waals surface area contributed by atoms with E-state index in [0.29, 0.717) is 15.4 Å². The van der Waals surface area contributed by atoms with Crippen molar-refractivity contribution in [3.8, 4) is 0 Å². The van der Waals surface area contributed by atoms with E-state index in [2.05, 4.69) is 30.6 Å². The van der Waals surface area contributed by atoms with Gasteiger partial charge in [-0.3, -0.25) is 19.1 Å². The van der Waals surface area contributed by atoms with Crippen molar-refractivity contribution in [2.24, 2.45) is 5.41 Å². The first-order valence-corrected chi connectivity index (χ1v) is 16.8. The molecule has 44 heavy (non-hydrogen) atoms. The van der Waals surface area contributed by atoms with Crippen molar-refractivity contribution in [2.75, 3.05) is 18.0 Å². The third kappa shape index (κ3) is 5.92. The van der Waals surface area contributed by atoms with Gasteiger partial charge in [0.1, 0.15) is 16.6 Å². The molecule has 230 valence electrons. The van der Waals surface area contributed by atoms with Crippen molar-refractivity contribution in [1.29, 1.82) is 0 Å². The summed E-state index contributed by atoms with van der Waals surface area (Å²) < 4.78 is 17.6. The summed E-state index contributed by atoms with van der Waals surface area (Å²) in [4.78, 5) is 45.8. The topological polar surface area (TPSA) is 123 Å². The van der Waals surface area contributed by atoms with Gasteiger partial charge in [-0.25, -0.2) is 23.9 Å². The van der Waals surface area contributed by atoms with Crippen LogP contribution in [0.2, 0.25) is 5.02 Å². The molecule has 0 bridgehead atoms. The molecule has 1 aromatic carbocycles. The lowest BCUT2D eigenvalue weighted by Crippen LogP contribution is -2.48. The lowest BCUT2D eigenvalue weighted by molar-refractivity contribution is -0.117. The summed E-state index contributed by atoms with van der Waals surface area (Å²) in [6.07, 6.45) is 9.37. The molecule has 1 aliphatic heterocycles. The molecule has 4 heterocycles. The van der Waals surface area contributed by atoms with Crippen LogP contribution in [-0.2, 0) is 28.7 Å². The van der Waals surface area contributed by atoms with Crippen LogP contribution in [0.1, 0.15) is 57.8 Å². The first kappa shape index (κ1) is 30.8. The molecule has 1 N–H and O–H groups in total. The van der Waals surface area contributed by atoms with E-state index >= 15 is 0 Å². The Morgan fingerprint density at radius 3 is 2.59 bits per heavy atom. The van der Waals surface area contributed by atoms with Gasteiger partial charge in [0.2, 0.25) is 0 Å². The van der Waals surface area contributed by atoms with Gasteiger partial charge in [-0.2, -0.15) is 0 Å². The maximum atomic E-state index is 13.2. The highest BCUT2D eigenvalue weighted by Gasteiger charge is 2.49. The molecule has 1 fully saturated rings. The number of carbonyl (C=O) groups excluding carboxylic acids is 1. The fraction of sp³-hybridized carbons (Fsp3) is 0.419. The normalized spacial score (nSPS) is 18.5. The predicted molar refractivity (Wildman–Crippen MR) is 173 cm³/mol. The van der Waals surface area contributed by atoms with E-state index in [4.69, 9.17) is 16.6 Å². The number of benzene rings is 1. The van der Waals surface area contributed by atoms with Crippen molar-refractivity contribution >= 4 is 56.9 Å². The Bertz CT molecular complexity index is 1820. The Hall–Kier alpha value is -3.19. The van der Waals surface area contributed by atoms with Gasteiger partial charge in [-0.15, -0.1) is 0 Å². The van der Waals surface area contributed by atoms with Gasteiger partial charge < -0.3 is 4.90 Å². The van der Waals surface area contributed by atoms with Crippen LogP contribution in [-0.4, -0.2) is 52.3 Å². The van der Waals surface area contributed by atoms with E-state index in [1.54, 1.807) is 18.5 Å². The summed E-state index contributed by atoms with van der Waals surface area (Å²) in [6.45, 7) is 8.93. The van der Waals surface area contributed by atoms with Gasteiger partial charge >= 0.3 is 0 Å². The first-order chi connectivity index (χ1) is 20.9. The van der Waals surface area contributed by atoms with Crippen molar-refractivity contribution < 1.29 is 9.00 Å². The quantitative estimate of drug-likeness (QED) is 0.297. The molecule has 0 saturated carbocycles. The molecule has 1 saturated heterocycles. The van der Waals surface area contributed by atoms with Crippen LogP contribution in [0.3, 0.4) is 0 Å². The van der Waals surface area contributed by atoms with E-state index in [1.807, 2.05) is 39.1 Å². The van der Waals surface area contributed by atoms with Crippen LogP contribution in [0.15, 0.2) is 63.9 Å². The van der Waals surface area contributed by atoms with Gasteiger partial charge in [0, 0.05) is 29.9 Å². The summed E-state index contributed by atoms with van der Waals surface area (Å²) in [5.41, 5.74) is 2.29. The Kier molecular flexibility index (Phi) is 8.38. The second kappa shape index (κ2) is 12.0. The molecule has 2 atom stereocenters. The average molecular weight is 652 g/mol. The number of pyridine rings is 1. The monoisotopic (exact) mass is 651 g/mol. The summed E-state index contributed by atoms with van der Waals surface area (Å²) >= 11 is 7.99. The minimum atomic E-state index is -1.20. The number of halogens is 1. The molecule has 4 aromatic rings. The summed E-state index contributed by atoms with van der Waals surface area (Å²) in [5.74, 6) is 0.648. The van der Waals surface area contributed by atoms with Crippen molar-refractivity contribution in [2.45, 2.75) is 74.2 Å². The van der Waals surface area contributed by atoms with E-state index in [9.17, 15) is 13.8 Å². The predicted octanol–water partition coefficient (Wildman–Crippen LogP) is 4.91. The number of fused-ring (bicyclic) bond motifs is 2. The molecule has 1 aliphatic carbocycles. The number of ketones is 1. The van der Waals surface area contributed by atoms with Gasteiger partial charge in [0.25, 0.3) is 5.56 Å². The Morgan fingerprint density at radius 2 is 1.91 bits per heavy atom. The minimum absolute atomic E-state index is 0.0215. The number of Topliss-reactive ketones (excluding diaryl/α,β-unsaturated/α-hetero) is 1. The first-order valence-electron chi connectivity index (χ1n) is 14.5. The highest BCUT2D eigenvalue weighted by molar-refractivity contribution is 7.99. The molecule has 0 amide bonds. The molecule has 0 radical (unpaired) electrons. The molecule has 13 heteroatoms. The maximum absolute atomic E-state index is 13.2. The Balaban J connectivity index is 1.17. The fourth-order valence-corrected chi connectivity index (χ4v) is 8.07. The number of rotatable bonds is 7. The molecular formula is C31H34ClN7O3S2. The van der Waals surface area contributed by atoms with E-state index in [1.165, 1.54) is 29.6 Å². The van der Waals surface area contributed by atoms with Gasteiger partial charge in [0.15, 0.2) is 0 Å². The van der Waals surface area contributed by atoms with Crippen molar-refractivity contribution in [3.63, 3.8) is 0 Å². The zero-order valence-corrected chi connectivity index (χ0v) is 27.4. The van der Waals surface area contributed by atoms with Crippen LogP contribution < -0.4 is 15.2 Å². The fourth-order valence-electron chi connectivity index (χ4n) is 6.00. The number of anilines is 1. The molecule has 0 unspecified atom stereocenters. The van der Waals surface area contributed by atoms with Crippen LogP contribution in [0.5, 0.6) is 0 Å². The number of carbonyl (C=O) groups is 1. The van der Waals surface area contributed by atoms with E-state index in [-0.39, 0.29) is 44.5 Å². The molecular weight excluding hydrogens is 618 g/mol. The summed E-state index contributed by atoms with van der Waals surface area (Å²) in [6, 6.07) is 7.60. The Labute approximate surface area is 267 Å². The number of nitrogens with zero attached hydrogens (tertiary/aromatic N) is 6. The lowest BCUT2D eigenvalue weighted by atomic mass is 9.73. The summed E-state index contributed by atoms with van der Waals surface area (Å²) in [5, 5.41) is 1.19. The van der Waals surface area contributed by atoms with Crippen molar-refractivity contribution in [1.82, 2.24) is 29.2 Å². The van der Waals surface area contributed by atoms with Crippen LogP contribution in [0.25, 0.3) is 10.9 Å². The SMILES string of the molecule is CC(=O)Cn1cnc2ccc(Sc3cnc(N4CCC5(CC4)Cc4ncccc4[C@H]5N[S@](=O)C(C)(C)C)cn3)c(Cl)c2c1=O. The number of hydrogen-bond acceptors (Lipinski definition) is 9. The largest absolute Gasteiger partial charge is 0.355 e. The van der Waals surface area contributed by atoms with Gasteiger partial charge in [-0.05, 0) is 76.1 Å². The standard InChI is InChI=1S/C31H34ClN7O3S2/c1-19(40)17-39-18-36-21-7-8-23(27(32)26(21)29(39)41)43-25-16-34-24(15-35-25)38-12-9-31(10-13-38)14-22-20(6-5-11-33-22)28(31)37-44(42)30(2,3)4/h5-8,11,15-16,18,28,37H,9-10,12-14,17H2,1-4H3/t28-,44-/m1/s1. The van der Waals surface area contributed by atoms with Crippen LogP contribution in [0.4, 0.5) is 5.82 Å². The highest BCUT2D eigenvalue weighted by Crippen LogP contribution is 2.52. The molecule has 2 aliphatic rings. The molecule has 6 rings (SSSR count). The zero-order valence-electron chi connectivity index (χ0n) is 25.0. The van der Waals surface area contributed by atoms with Crippen LogP contribution in [0, 0.1) is 5.41 Å². The van der Waals surface area contributed by atoms with Crippen molar-refractivity contribution in [3.05, 3.63) is 75.8 Å².